The zero-order valence-corrected chi connectivity index (χ0v) is 16.8. The highest BCUT2D eigenvalue weighted by molar-refractivity contribution is 5.79. The highest BCUT2D eigenvalue weighted by atomic mass is 16.5. The van der Waals surface area contributed by atoms with E-state index < -0.39 is 18.1 Å². The van der Waals surface area contributed by atoms with E-state index in [0.29, 0.717) is 5.69 Å². The van der Waals surface area contributed by atoms with Crippen molar-refractivity contribution in [2.45, 2.75) is 25.3 Å². The van der Waals surface area contributed by atoms with Crippen molar-refractivity contribution in [1.82, 2.24) is 14.9 Å². The number of nitrogens with zero attached hydrogens (tertiary/aromatic N) is 2. The summed E-state index contributed by atoms with van der Waals surface area (Å²) in [7, 11) is 1.78. The van der Waals surface area contributed by atoms with Crippen LogP contribution in [0.2, 0.25) is 0 Å². The van der Waals surface area contributed by atoms with Crippen LogP contribution in [0.5, 0.6) is 0 Å². The summed E-state index contributed by atoms with van der Waals surface area (Å²) in [4.78, 5) is 28.0. The number of aromatic nitrogens is 2. The summed E-state index contributed by atoms with van der Waals surface area (Å²) in [5.74, 6) is -0.340. The first-order valence-electron chi connectivity index (χ1n) is 9.77. The maximum atomic E-state index is 12.6. The van der Waals surface area contributed by atoms with Crippen LogP contribution < -0.4 is 5.32 Å². The molecule has 1 aromatic heterocycles. The number of carbonyl (C=O) groups excluding carboxylic acids is 1. The molecule has 3 aromatic rings. The molecular formula is C23H23N3O4. The van der Waals surface area contributed by atoms with Gasteiger partial charge in [0, 0.05) is 13.0 Å². The van der Waals surface area contributed by atoms with E-state index in [9.17, 15) is 14.7 Å². The molecule has 154 valence electrons. The smallest absolute Gasteiger partial charge is 0.407 e. The SMILES string of the molecule is Cc1ncc(C(CC(=O)O)NC(=O)OCC2c3ccccc3-c3ccccc32)n1C. The van der Waals surface area contributed by atoms with Gasteiger partial charge in [0.1, 0.15) is 12.4 Å². The Balaban J connectivity index is 1.49. The molecule has 0 saturated carbocycles. The van der Waals surface area contributed by atoms with E-state index >= 15 is 0 Å². The Labute approximate surface area is 174 Å². The molecule has 1 heterocycles. The first-order chi connectivity index (χ1) is 14.5. The minimum Gasteiger partial charge on any atom is -0.481 e. The van der Waals surface area contributed by atoms with E-state index in [-0.39, 0.29) is 18.9 Å². The van der Waals surface area contributed by atoms with Crippen molar-refractivity contribution in [3.63, 3.8) is 0 Å². The molecule has 1 amide bonds. The minimum absolute atomic E-state index is 0.0555. The van der Waals surface area contributed by atoms with E-state index in [2.05, 4.69) is 22.4 Å². The molecule has 30 heavy (non-hydrogen) atoms. The van der Waals surface area contributed by atoms with Crippen molar-refractivity contribution in [2.75, 3.05) is 6.61 Å². The predicted molar refractivity (Wildman–Crippen MR) is 111 cm³/mol. The second-order valence-corrected chi connectivity index (χ2v) is 7.41. The van der Waals surface area contributed by atoms with Crippen molar-refractivity contribution in [2.24, 2.45) is 7.05 Å². The van der Waals surface area contributed by atoms with Crippen LogP contribution in [0.1, 0.15) is 41.0 Å². The normalized spacial score (nSPS) is 13.4. The number of nitrogens with one attached hydrogen (secondary N) is 1. The summed E-state index contributed by atoms with van der Waals surface area (Å²) in [5, 5.41) is 11.9. The molecule has 0 radical (unpaired) electrons. The summed E-state index contributed by atoms with van der Waals surface area (Å²) < 4.78 is 7.31. The first kappa shape index (κ1) is 19.7. The maximum Gasteiger partial charge on any atom is 0.407 e. The van der Waals surface area contributed by atoms with Gasteiger partial charge in [-0.3, -0.25) is 4.79 Å². The molecule has 1 aliphatic carbocycles. The molecule has 0 spiro atoms. The lowest BCUT2D eigenvalue weighted by molar-refractivity contribution is -0.137. The number of aliphatic carboxylic acids is 1. The van der Waals surface area contributed by atoms with Crippen LogP contribution in [0.15, 0.2) is 54.7 Å². The fraction of sp³-hybridized carbons (Fsp3) is 0.261. The molecule has 7 heteroatoms. The zero-order valence-electron chi connectivity index (χ0n) is 16.8. The highest BCUT2D eigenvalue weighted by Crippen LogP contribution is 2.44. The third-order valence-electron chi connectivity index (χ3n) is 5.63. The van der Waals surface area contributed by atoms with Crippen LogP contribution >= 0.6 is 0 Å². The molecule has 0 bridgehead atoms. The predicted octanol–water partition coefficient (Wildman–Crippen LogP) is 3.78. The van der Waals surface area contributed by atoms with Gasteiger partial charge in [-0.25, -0.2) is 9.78 Å². The van der Waals surface area contributed by atoms with Gasteiger partial charge in [0.15, 0.2) is 0 Å². The highest BCUT2D eigenvalue weighted by Gasteiger charge is 2.29. The number of alkyl carbamates (subject to hydrolysis) is 1. The van der Waals surface area contributed by atoms with E-state index in [1.54, 1.807) is 17.8 Å². The van der Waals surface area contributed by atoms with Gasteiger partial charge in [0.25, 0.3) is 0 Å². The number of carbonyl (C=O) groups is 2. The molecule has 0 saturated heterocycles. The second kappa shape index (κ2) is 8.02. The zero-order chi connectivity index (χ0) is 21.3. The summed E-state index contributed by atoms with van der Waals surface area (Å²) in [5.41, 5.74) is 5.16. The minimum atomic E-state index is -1.02. The van der Waals surface area contributed by atoms with Crippen molar-refractivity contribution >= 4 is 12.1 Å². The Morgan fingerprint density at radius 2 is 1.73 bits per heavy atom. The number of imidazole rings is 1. The fourth-order valence-corrected chi connectivity index (χ4v) is 4.03. The number of rotatable bonds is 6. The quantitative estimate of drug-likeness (QED) is 0.651. The summed E-state index contributed by atoms with van der Waals surface area (Å²) >= 11 is 0. The average Bonchev–Trinajstić information content (AvgIpc) is 3.23. The third-order valence-corrected chi connectivity index (χ3v) is 5.63. The van der Waals surface area contributed by atoms with Crippen molar-refractivity contribution in [3.8, 4) is 11.1 Å². The lowest BCUT2D eigenvalue weighted by Crippen LogP contribution is -2.32. The Morgan fingerprint density at radius 3 is 2.27 bits per heavy atom. The van der Waals surface area contributed by atoms with Gasteiger partial charge in [0.05, 0.1) is 24.4 Å². The third kappa shape index (κ3) is 3.66. The van der Waals surface area contributed by atoms with E-state index in [0.717, 1.165) is 28.1 Å². The fourth-order valence-electron chi connectivity index (χ4n) is 4.03. The number of aryl methyl sites for hydroxylation is 1. The van der Waals surface area contributed by atoms with Crippen LogP contribution in [0.4, 0.5) is 4.79 Å². The van der Waals surface area contributed by atoms with Gasteiger partial charge in [-0.05, 0) is 29.2 Å². The van der Waals surface area contributed by atoms with Gasteiger partial charge in [-0.2, -0.15) is 0 Å². The molecular weight excluding hydrogens is 382 g/mol. The first-order valence-corrected chi connectivity index (χ1v) is 9.77. The van der Waals surface area contributed by atoms with Crippen LogP contribution in [-0.4, -0.2) is 33.3 Å². The summed E-state index contributed by atoms with van der Waals surface area (Å²) in [6.07, 6.45) is 0.664. The van der Waals surface area contributed by atoms with Crippen molar-refractivity contribution in [1.29, 1.82) is 0 Å². The van der Waals surface area contributed by atoms with Gasteiger partial charge in [-0.1, -0.05) is 48.5 Å². The van der Waals surface area contributed by atoms with Gasteiger partial charge >= 0.3 is 12.1 Å². The number of carboxylic acid groups (broad SMARTS) is 1. The molecule has 1 aliphatic rings. The van der Waals surface area contributed by atoms with Gasteiger partial charge < -0.3 is 19.7 Å². The number of carboxylic acids is 1. The maximum absolute atomic E-state index is 12.6. The Hall–Kier alpha value is -3.61. The Bertz CT molecular complexity index is 1060. The standard InChI is InChI=1S/C23H23N3O4/c1-14-24-12-21(26(14)2)20(11-22(27)28)25-23(29)30-13-19-17-9-5-3-7-15(17)16-8-4-6-10-18(16)19/h3-10,12,19-20H,11,13H2,1-2H3,(H,25,29)(H,27,28). The largest absolute Gasteiger partial charge is 0.481 e. The topological polar surface area (TPSA) is 93.4 Å². The second-order valence-electron chi connectivity index (χ2n) is 7.41. The molecule has 1 atom stereocenters. The number of benzene rings is 2. The molecule has 4 rings (SSSR count). The lowest BCUT2D eigenvalue weighted by atomic mass is 9.98. The molecule has 2 aromatic carbocycles. The monoisotopic (exact) mass is 405 g/mol. The summed E-state index contributed by atoms with van der Waals surface area (Å²) in [6, 6.07) is 15.5. The van der Waals surface area contributed by atoms with Gasteiger partial charge in [0.2, 0.25) is 0 Å². The number of hydrogen-bond donors (Lipinski definition) is 2. The van der Waals surface area contributed by atoms with Crippen LogP contribution in [0.3, 0.4) is 0 Å². The molecule has 0 aliphatic heterocycles. The van der Waals surface area contributed by atoms with Crippen LogP contribution in [0, 0.1) is 6.92 Å². The summed E-state index contributed by atoms with van der Waals surface area (Å²) in [6.45, 7) is 1.98. The Kier molecular flexibility index (Phi) is 5.27. The van der Waals surface area contributed by atoms with E-state index in [4.69, 9.17) is 4.74 Å². The number of amides is 1. The van der Waals surface area contributed by atoms with E-state index in [1.807, 2.05) is 43.3 Å². The number of fused-ring (bicyclic) bond motifs is 3. The lowest BCUT2D eigenvalue weighted by Gasteiger charge is -2.19. The van der Waals surface area contributed by atoms with Crippen LogP contribution in [0.25, 0.3) is 11.1 Å². The van der Waals surface area contributed by atoms with Crippen molar-refractivity contribution < 1.29 is 19.4 Å². The van der Waals surface area contributed by atoms with E-state index in [1.165, 1.54) is 0 Å². The number of hydrogen-bond acceptors (Lipinski definition) is 4. The molecule has 2 N–H and O–H groups in total. The molecule has 0 fully saturated rings. The van der Waals surface area contributed by atoms with Gasteiger partial charge in [-0.15, -0.1) is 0 Å². The average molecular weight is 405 g/mol. The Morgan fingerprint density at radius 1 is 1.13 bits per heavy atom. The van der Waals surface area contributed by atoms with Crippen molar-refractivity contribution in [3.05, 3.63) is 77.4 Å². The molecule has 1 unspecified atom stereocenters. The van der Waals surface area contributed by atoms with Crippen LogP contribution in [-0.2, 0) is 16.6 Å². The number of ether oxygens (including phenoxy) is 1. The molecule has 7 nitrogen and oxygen atoms in total.